The minimum absolute atomic E-state index is 0.0162. The molecule has 5 nitrogen and oxygen atoms in total. The molecule has 2 heterocycles. The maximum atomic E-state index is 11.7. The van der Waals surface area contributed by atoms with Gasteiger partial charge >= 0.3 is 6.09 Å². The number of hydrogen-bond acceptors (Lipinski definition) is 3. The molecular formula is C11H17N3O2. The molecule has 16 heavy (non-hydrogen) atoms. The van der Waals surface area contributed by atoms with E-state index in [0.29, 0.717) is 12.5 Å². The van der Waals surface area contributed by atoms with Crippen molar-refractivity contribution in [3.8, 4) is 0 Å². The first-order valence-electron chi connectivity index (χ1n) is 5.52. The number of imidazole rings is 1. The number of H-pyrrole nitrogens is 1. The van der Waals surface area contributed by atoms with E-state index in [-0.39, 0.29) is 12.1 Å². The predicted molar refractivity (Wildman–Crippen MR) is 59.0 cm³/mol. The Hall–Kier alpha value is -1.52. The number of rotatable bonds is 1. The summed E-state index contributed by atoms with van der Waals surface area (Å²) < 4.78 is 4.81. The normalized spacial score (nSPS) is 19.8. The van der Waals surface area contributed by atoms with Crippen molar-refractivity contribution in [3.05, 3.63) is 17.7 Å². The van der Waals surface area contributed by atoms with Gasteiger partial charge in [0.25, 0.3) is 0 Å². The van der Waals surface area contributed by atoms with Crippen LogP contribution >= 0.6 is 0 Å². The number of amides is 1. The van der Waals surface area contributed by atoms with Crippen LogP contribution in [-0.2, 0) is 11.2 Å². The summed E-state index contributed by atoms with van der Waals surface area (Å²) in [5.41, 5.74) is 2.12. The summed E-state index contributed by atoms with van der Waals surface area (Å²) in [4.78, 5) is 20.9. The molecule has 1 aromatic heterocycles. The van der Waals surface area contributed by atoms with Gasteiger partial charge in [0.15, 0.2) is 0 Å². The number of aromatic nitrogens is 2. The highest BCUT2D eigenvalue weighted by Crippen LogP contribution is 2.33. The van der Waals surface area contributed by atoms with E-state index in [1.807, 2.05) is 0 Å². The van der Waals surface area contributed by atoms with Crippen LogP contribution < -0.4 is 0 Å². The number of methoxy groups -OCH3 is 1. The Bertz CT molecular complexity index is 386. The lowest BCUT2D eigenvalue weighted by atomic mass is 9.94. The van der Waals surface area contributed by atoms with Gasteiger partial charge in [-0.3, -0.25) is 4.90 Å². The molecule has 0 radical (unpaired) electrons. The second-order valence-electron chi connectivity index (χ2n) is 4.37. The lowest BCUT2D eigenvalue weighted by molar-refractivity contribution is 0.0861. The molecule has 1 amide bonds. The molecule has 0 aliphatic carbocycles. The van der Waals surface area contributed by atoms with E-state index in [4.69, 9.17) is 4.74 Å². The molecule has 0 saturated carbocycles. The number of nitrogens with one attached hydrogen (secondary N) is 1. The monoisotopic (exact) mass is 223 g/mol. The molecule has 2 rings (SSSR count). The fourth-order valence-electron chi connectivity index (χ4n) is 2.30. The number of aromatic amines is 1. The van der Waals surface area contributed by atoms with Crippen molar-refractivity contribution in [2.75, 3.05) is 13.7 Å². The second kappa shape index (κ2) is 4.15. The summed E-state index contributed by atoms with van der Waals surface area (Å²) in [6.45, 7) is 4.86. The largest absolute Gasteiger partial charge is 0.453 e. The molecule has 0 aromatic carbocycles. The molecule has 0 fully saturated rings. The van der Waals surface area contributed by atoms with Gasteiger partial charge in [-0.05, 0) is 5.92 Å². The van der Waals surface area contributed by atoms with Gasteiger partial charge in [0.1, 0.15) is 0 Å². The van der Waals surface area contributed by atoms with Crippen LogP contribution in [0.15, 0.2) is 6.33 Å². The summed E-state index contributed by atoms with van der Waals surface area (Å²) in [5, 5.41) is 0. The minimum atomic E-state index is -0.271. The Morgan fingerprint density at radius 2 is 2.44 bits per heavy atom. The van der Waals surface area contributed by atoms with E-state index in [1.54, 1.807) is 11.2 Å². The third-order valence-electron chi connectivity index (χ3n) is 3.01. The summed E-state index contributed by atoms with van der Waals surface area (Å²) >= 11 is 0. The molecule has 1 aromatic rings. The van der Waals surface area contributed by atoms with Gasteiger partial charge in [0.2, 0.25) is 0 Å². The van der Waals surface area contributed by atoms with Crippen molar-refractivity contribution in [1.29, 1.82) is 0 Å². The second-order valence-corrected chi connectivity index (χ2v) is 4.37. The van der Waals surface area contributed by atoms with E-state index in [0.717, 1.165) is 17.8 Å². The molecule has 1 unspecified atom stereocenters. The molecule has 88 valence electrons. The smallest absolute Gasteiger partial charge is 0.410 e. The molecule has 1 aliphatic rings. The van der Waals surface area contributed by atoms with Gasteiger partial charge in [-0.15, -0.1) is 0 Å². The van der Waals surface area contributed by atoms with Gasteiger partial charge in [-0.1, -0.05) is 13.8 Å². The molecular weight excluding hydrogens is 206 g/mol. The standard InChI is InChI=1S/C11H17N3O2/c1-7(2)10-9-8(12-6-13-9)4-5-14(10)11(15)16-3/h6-7,10H,4-5H2,1-3H3,(H,12,13). The third-order valence-corrected chi connectivity index (χ3v) is 3.01. The predicted octanol–water partition coefficient (Wildman–Crippen LogP) is 1.73. The highest BCUT2D eigenvalue weighted by atomic mass is 16.5. The van der Waals surface area contributed by atoms with Crippen molar-refractivity contribution >= 4 is 6.09 Å². The van der Waals surface area contributed by atoms with E-state index in [1.165, 1.54) is 7.11 Å². The zero-order valence-electron chi connectivity index (χ0n) is 9.86. The lowest BCUT2D eigenvalue weighted by Gasteiger charge is -2.36. The Kier molecular flexibility index (Phi) is 2.85. The first-order chi connectivity index (χ1) is 7.65. The van der Waals surface area contributed by atoms with E-state index < -0.39 is 0 Å². The summed E-state index contributed by atoms with van der Waals surface area (Å²) in [5.74, 6) is 0.321. The van der Waals surface area contributed by atoms with Gasteiger partial charge in [0, 0.05) is 18.7 Å². The van der Waals surface area contributed by atoms with Crippen molar-refractivity contribution in [1.82, 2.24) is 14.9 Å². The van der Waals surface area contributed by atoms with Gasteiger partial charge in [-0.2, -0.15) is 0 Å². The minimum Gasteiger partial charge on any atom is -0.453 e. The van der Waals surface area contributed by atoms with Gasteiger partial charge in [0.05, 0.1) is 25.2 Å². The third kappa shape index (κ3) is 1.66. The molecule has 1 aliphatic heterocycles. The lowest BCUT2D eigenvalue weighted by Crippen LogP contribution is -2.42. The van der Waals surface area contributed by atoms with Gasteiger partial charge < -0.3 is 9.72 Å². The van der Waals surface area contributed by atoms with Crippen LogP contribution in [0.3, 0.4) is 0 Å². The average molecular weight is 223 g/mol. The number of carbonyl (C=O) groups excluding carboxylic acids is 1. The summed E-state index contributed by atoms with van der Waals surface area (Å²) in [6.07, 6.45) is 2.24. The van der Waals surface area contributed by atoms with Crippen LogP contribution in [0.4, 0.5) is 4.79 Å². The number of nitrogens with zero attached hydrogens (tertiary/aromatic N) is 2. The Morgan fingerprint density at radius 1 is 1.69 bits per heavy atom. The zero-order valence-corrected chi connectivity index (χ0v) is 9.86. The first kappa shape index (κ1) is 11.0. The van der Waals surface area contributed by atoms with Crippen LogP contribution in [0.1, 0.15) is 31.3 Å². The van der Waals surface area contributed by atoms with Gasteiger partial charge in [-0.25, -0.2) is 9.78 Å². The fourth-order valence-corrected chi connectivity index (χ4v) is 2.30. The zero-order chi connectivity index (χ0) is 11.7. The Balaban J connectivity index is 2.34. The average Bonchev–Trinajstić information content (AvgIpc) is 2.73. The first-order valence-corrected chi connectivity index (χ1v) is 5.52. The van der Waals surface area contributed by atoms with E-state index >= 15 is 0 Å². The Morgan fingerprint density at radius 3 is 3.06 bits per heavy atom. The van der Waals surface area contributed by atoms with Crippen LogP contribution in [0.5, 0.6) is 0 Å². The topological polar surface area (TPSA) is 58.2 Å². The maximum absolute atomic E-state index is 11.7. The van der Waals surface area contributed by atoms with Crippen LogP contribution in [0.25, 0.3) is 0 Å². The fraction of sp³-hybridized carbons (Fsp3) is 0.636. The van der Waals surface area contributed by atoms with Crippen LogP contribution in [-0.4, -0.2) is 34.6 Å². The van der Waals surface area contributed by atoms with Crippen molar-refractivity contribution in [2.45, 2.75) is 26.3 Å². The van der Waals surface area contributed by atoms with Crippen LogP contribution in [0.2, 0.25) is 0 Å². The van der Waals surface area contributed by atoms with Crippen molar-refractivity contribution in [3.63, 3.8) is 0 Å². The van der Waals surface area contributed by atoms with Crippen LogP contribution in [0, 0.1) is 5.92 Å². The molecule has 1 atom stereocenters. The molecule has 5 heteroatoms. The molecule has 1 N–H and O–H groups in total. The number of carbonyl (C=O) groups is 1. The number of fused-ring (bicyclic) bond motifs is 1. The summed E-state index contributed by atoms with van der Waals surface area (Å²) in [6, 6.07) is 0.0162. The van der Waals surface area contributed by atoms with E-state index in [9.17, 15) is 4.79 Å². The molecule has 0 spiro atoms. The maximum Gasteiger partial charge on any atom is 0.410 e. The molecule has 0 bridgehead atoms. The molecule has 0 saturated heterocycles. The highest BCUT2D eigenvalue weighted by molar-refractivity contribution is 5.68. The quantitative estimate of drug-likeness (QED) is 0.788. The van der Waals surface area contributed by atoms with E-state index in [2.05, 4.69) is 23.8 Å². The number of ether oxygens (including phenoxy) is 1. The summed E-state index contributed by atoms with van der Waals surface area (Å²) in [7, 11) is 1.42. The Labute approximate surface area is 94.8 Å². The SMILES string of the molecule is COC(=O)N1CCc2[nH]cnc2C1C(C)C. The van der Waals surface area contributed by atoms with Crippen molar-refractivity contribution < 1.29 is 9.53 Å². The highest BCUT2D eigenvalue weighted by Gasteiger charge is 2.35. The van der Waals surface area contributed by atoms with Crippen molar-refractivity contribution in [2.24, 2.45) is 5.92 Å². The number of hydrogen-bond donors (Lipinski definition) is 1.